The van der Waals surface area contributed by atoms with Crippen molar-refractivity contribution in [2.75, 3.05) is 0 Å². The molecule has 0 aromatic rings. The van der Waals surface area contributed by atoms with Gasteiger partial charge < -0.3 is 4.74 Å². The molecule has 74 valence electrons. The van der Waals surface area contributed by atoms with Crippen LogP contribution < -0.4 is 0 Å². The minimum absolute atomic E-state index is 0.165. The molecule has 0 unspecified atom stereocenters. The summed E-state index contributed by atoms with van der Waals surface area (Å²) in [5.41, 5.74) is 3.35. The Morgan fingerprint density at radius 3 is 2.31 bits per heavy atom. The van der Waals surface area contributed by atoms with Crippen molar-refractivity contribution in [3.8, 4) is 0 Å². The summed E-state index contributed by atoms with van der Waals surface area (Å²) in [5, 5.41) is 0. The first-order chi connectivity index (χ1) is 5.85. The van der Waals surface area contributed by atoms with Crippen molar-refractivity contribution in [2.24, 2.45) is 0 Å². The summed E-state index contributed by atoms with van der Waals surface area (Å²) in [4.78, 5) is 11.2. The number of carbonyl (C=O) groups is 1. The molecule has 0 bridgehead atoms. The quantitative estimate of drug-likeness (QED) is 0.495. The summed E-state index contributed by atoms with van der Waals surface area (Å²) in [6, 6.07) is 0. The molecule has 2 heteroatoms. The first-order valence-corrected chi connectivity index (χ1v) is 4.42. The van der Waals surface area contributed by atoms with Crippen molar-refractivity contribution in [3.63, 3.8) is 0 Å². The van der Waals surface area contributed by atoms with Gasteiger partial charge >= 0.3 is 5.97 Å². The Kier molecular flexibility index (Phi) is 4.50. The third-order valence-electron chi connectivity index (χ3n) is 1.43. The molecule has 0 spiro atoms. The lowest BCUT2D eigenvalue weighted by atomic mass is 10.1. The van der Waals surface area contributed by atoms with E-state index in [4.69, 9.17) is 4.74 Å². The van der Waals surface area contributed by atoms with Gasteiger partial charge in [0, 0.05) is 6.42 Å². The maximum absolute atomic E-state index is 11.2. The highest BCUT2D eigenvalue weighted by Gasteiger charge is 2.15. The predicted octanol–water partition coefficient (Wildman–Crippen LogP) is 2.84. The Labute approximate surface area is 80.3 Å². The third-order valence-corrected chi connectivity index (χ3v) is 1.43. The maximum atomic E-state index is 11.2. The van der Waals surface area contributed by atoms with Crippen LogP contribution in [0.5, 0.6) is 0 Å². The molecule has 0 saturated heterocycles. The molecule has 0 aliphatic carbocycles. The number of allylic oxidation sites excluding steroid dienone is 1. The zero-order valence-electron chi connectivity index (χ0n) is 8.94. The highest BCUT2D eigenvalue weighted by atomic mass is 16.6. The van der Waals surface area contributed by atoms with Crippen LogP contribution in [0.15, 0.2) is 17.9 Å². The molecule has 0 aliphatic heterocycles. The number of hydrogen-bond acceptors (Lipinski definition) is 2. The zero-order valence-corrected chi connectivity index (χ0v) is 8.94. The van der Waals surface area contributed by atoms with E-state index in [1.807, 2.05) is 27.7 Å². The highest BCUT2D eigenvalue weighted by molar-refractivity contribution is 5.70. The zero-order chi connectivity index (χ0) is 10.5. The number of ether oxygens (including phenoxy) is 1. The number of esters is 1. The van der Waals surface area contributed by atoms with E-state index >= 15 is 0 Å². The second-order valence-electron chi connectivity index (χ2n) is 4.04. The summed E-state index contributed by atoms with van der Waals surface area (Å²) >= 11 is 0. The molecule has 0 rings (SSSR count). The lowest BCUT2D eigenvalue weighted by molar-refractivity contribution is -0.154. The summed E-state index contributed by atoms with van der Waals surface area (Å²) in [5.74, 6) is -0.165. The van der Waals surface area contributed by atoms with Crippen molar-refractivity contribution in [3.05, 3.63) is 17.9 Å². The second kappa shape index (κ2) is 4.88. The van der Waals surface area contributed by atoms with E-state index in [1.54, 1.807) is 0 Å². The molecule has 0 aliphatic rings. The molecule has 0 fully saturated rings. The van der Waals surface area contributed by atoms with Crippen molar-refractivity contribution in [1.82, 2.24) is 0 Å². The molecule has 2 nitrogen and oxygen atoms in total. The van der Waals surface area contributed by atoms with E-state index in [0.29, 0.717) is 12.8 Å². The molecular weight excluding hydrogens is 164 g/mol. The van der Waals surface area contributed by atoms with Gasteiger partial charge in [-0.15, -0.1) is 5.73 Å². The van der Waals surface area contributed by atoms with Crippen LogP contribution in [0.2, 0.25) is 0 Å². The summed E-state index contributed by atoms with van der Waals surface area (Å²) < 4.78 is 5.13. The minimum atomic E-state index is -0.386. The van der Waals surface area contributed by atoms with Gasteiger partial charge in [0.05, 0.1) is 0 Å². The highest BCUT2D eigenvalue weighted by Crippen LogP contribution is 2.10. The van der Waals surface area contributed by atoms with E-state index < -0.39 is 0 Å². The van der Waals surface area contributed by atoms with Crippen molar-refractivity contribution < 1.29 is 9.53 Å². The fourth-order valence-electron chi connectivity index (χ4n) is 0.770. The van der Waals surface area contributed by atoms with Crippen LogP contribution in [0.3, 0.4) is 0 Å². The Balaban J connectivity index is 3.84. The molecule has 0 heterocycles. The van der Waals surface area contributed by atoms with Crippen LogP contribution in [0.4, 0.5) is 0 Å². The van der Waals surface area contributed by atoms with Gasteiger partial charge in [-0.2, -0.15) is 0 Å². The molecule has 0 aromatic heterocycles. The molecule has 0 atom stereocenters. The van der Waals surface area contributed by atoms with Gasteiger partial charge in [-0.25, -0.2) is 0 Å². The fraction of sp³-hybridized carbons (Fsp3) is 0.636. The third kappa shape index (κ3) is 7.35. The average molecular weight is 182 g/mol. The standard InChI is InChI=1S/C11H18O2/c1-6-9(2)7-8-10(12)13-11(3,4)5/h1,7-8H2,2-5H3. The Hall–Kier alpha value is -1.01. The number of carbonyl (C=O) groups excluding carboxylic acids is 1. The molecule has 0 saturated carbocycles. The van der Waals surface area contributed by atoms with Crippen LogP contribution in [0.1, 0.15) is 40.5 Å². The summed E-state index contributed by atoms with van der Waals surface area (Å²) in [6.45, 7) is 11.0. The predicted molar refractivity (Wildman–Crippen MR) is 53.4 cm³/mol. The van der Waals surface area contributed by atoms with E-state index in [9.17, 15) is 4.79 Å². The molecule has 0 aromatic carbocycles. The van der Waals surface area contributed by atoms with Crippen LogP contribution in [0, 0.1) is 0 Å². The Bertz CT molecular complexity index is 227. The van der Waals surface area contributed by atoms with Crippen LogP contribution >= 0.6 is 0 Å². The van der Waals surface area contributed by atoms with Gasteiger partial charge in [0.2, 0.25) is 0 Å². The van der Waals surface area contributed by atoms with Gasteiger partial charge in [0.25, 0.3) is 0 Å². The average Bonchev–Trinajstić information content (AvgIpc) is 1.97. The lowest BCUT2D eigenvalue weighted by Crippen LogP contribution is -2.23. The first-order valence-electron chi connectivity index (χ1n) is 4.42. The van der Waals surface area contributed by atoms with Gasteiger partial charge in [-0.3, -0.25) is 4.79 Å². The van der Waals surface area contributed by atoms with Crippen molar-refractivity contribution in [2.45, 2.75) is 46.1 Å². The minimum Gasteiger partial charge on any atom is -0.460 e. The molecule has 0 radical (unpaired) electrons. The van der Waals surface area contributed by atoms with Gasteiger partial charge in [-0.05, 0) is 39.7 Å². The largest absolute Gasteiger partial charge is 0.460 e. The Morgan fingerprint density at radius 1 is 1.38 bits per heavy atom. The van der Waals surface area contributed by atoms with Gasteiger partial charge in [0.15, 0.2) is 0 Å². The number of hydrogen-bond donors (Lipinski definition) is 0. The maximum Gasteiger partial charge on any atom is 0.306 e. The summed E-state index contributed by atoms with van der Waals surface area (Å²) in [6.07, 6.45) is 1.09. The van der Waals surface area contributed by atoms with Crippen molar-refractivity contribution in [1.29, 1.82) is 0 Å². The normalized spacial score (nSPS) is 10.5. The molecule has 0 N–H and O–H groups in total. The second-order valence-corrected chi connectivity index (χ2v) is 4.04. The molecule has 0 amide bonds. The van der Waals surface area contributed by atoms with E-state index in [2.05, 4.69) is 12.3 Å². The van der Waals surface area contributed by atoms with E-state index in [0.717, 1.165) is 5.57 Å². The van der Waals surface area contributed by atoms with Gasteiger partial charge in [-0.1, -0.05) is 6.58 Å². The monoisotopic (exact) mass is 182 g/mol. The van der Waals surface area contributed by atoms with E-state index in [1.165, 1.54) is 0 Å². The summed E-state index contributed by atoms with van der Waals surface area (Å²) in [7, 11) is 0. The molecular formula is C11H18O2. The van der Waals surface area contributed by atoms with Crippen LogP contribution in [-0.2, 0) is 9.53 Å². The van der Waals surface area contributed by atoms with E-state index in [-0.39, 0.29) is 11.6 Å². The SMILES string of the molecule is C=C=C(C)CCC(=O)OC(C)(C)C. The Morgan fingerprint density at radius 2 is 1.92 bits per heavy atom. The first kappa shape index (κ1) is 12.0. The van der Waals surface area contributed by atoms with Crippen molar-refractivity contribution >= 4 is 5.97 Å². The van der Waals surface area contributed by atoms with Crippen LogP contribution in [0.25, 0.3) is 0 Å². The fourth-order valence-corrected chi connectivity index (χ4v) is 0.770. The number of rotatable bonds is 3. The molecule has 13 heavy (non-hydrogen) atoms. The topological polar surface area (TPSA) is 26.3 Å². The van der Waals surface area contributed by atoms with Crippen LogP contribution in [-0.4, -0.2) is 11.6 Å². The lowest BCUT2D eigenvalue weighted by Gasteiger charge is -2.19. The van der Waals surface area contributed by atoms with Gasteiger partial charge in [0.1, 0.15) is 5.60 Å². The smallest absolute Gasteiger partial charge is 0.306 e.